The van der Waals surface area contributed by atoms with Crippen molar-refractivity contribution in [1.82, 2.24) is 4.31 Å². The van der Waals surface area contributed by atoms with Gasteiger partial charge in [-0.05, 0) is 31.5 Å². The molecule has 1 aromatic rings. The fraction of sp³-hybridized carbons (Fsp3) is 0.455. The van der Waals surface area contributed by atoms with Gasteiger partial charge in [-0.1, -0.05) is 0 Å². The van der Waals surface area contributed by atoms with Crippen LogP contribution in [-0.2, 0) is 10.0 Å². The molecule has 0 radical (unpaired) electrons. The summed E-state index contributed by atoms with van der Waals surface area (Å²) in [6.45, 7) is 1.64. The van der Waals surface area contributed by atoms with Crippen LogP contribution in [0.2, 0.25) is 0 Å². The number of hydrogen-bond acceptors (Lipinski definition) is 5. The van der Waals surface area contributed by atoms with Gasteiger partial charge in [0.1, 0.15) is 4.90 Å². The first-order valence-corrected chi connectivity index (χ1v) is 6.98. The monoisotopic (exact) mass is 273 g/mol. The zero-order valence-corrected chi connectivity index (χ0v) is 11.3. The minimum absolute atomic E-state index is 0.00482. The normalized spacial score (nSPS) is 13.8. The number of nitrogens with two attached hydrogens (primary N) is 2. The molecule has 0 saturated carbocycles. The average Bonchev–Trinajstić information content (AvgIpc) is 2.31. The summed E-state index contributed by atoms with van der Waals surface area (Å²) in [5, 5.41) is 8.85. The van der Waals surface area contributed by atoms with Gasteiger partial charge < -0.3 is 16.6 Å². The Balaban J connectivity index is 3.17. The SMILES string of the molecule is CC(CCO)N(C)S(=O)(=O)c1cc(N)ccc1N. The Hall–Kier alpha value is -1.31. The summed E-state index contributed by atoms with van der Waals surface area (Å²) in [5.41, 5.74) is 11.8. The number of anilines is 2. The Morgan fingerprint density at radius 3 is 2.56 bits per heavy atom. The van der Waals surface area contributed by atoms with E-state index in [4.69, 9.17) is 16.6 Å². The lowest BCUT2D eigenvalue weighted by Crippen LogP contribution is -2.36. The molecule has 1 aromatic carbocycles. The maximum Gasteiger partial charge on any atom is 0.245 e. The Morgan fingerprint density at radius 2 is 2.00 bits per heavy atom. The standard InChI is InChI=1S/C11H19N3O3S/c1-8(5-6-15)14(2)18(16,17)11-7-9(12)3-4-10(11)13/h3-4,7-8,15H,5-6,12-13H2,1-2H3. The lowest BCUT2D eigenvalue weighted by Gasteiger charge is -2.24. The molecule has 0 aromatic heterocycles. The second-order valence-corrected chi connectivity index (χ2v) is 6.15. The highest BCUT2D eigenvalue weighted by Crippen LogP contribution is 2.25. The van der Waals surface area contributed by atoms with Crippen LogP contribution in [0.25, 0.3) is 0 Å². The molecule has 0 aliphatic rings. The summed E-state index contributed by atoms with van der Waals surface area (Å²) in [7, 11) is -2.24. The first-order chi connectivity index (χ1) is 8.30. The Morgan fingerprint density at radius 1 is 1.39 bits per heavy atom. The van der Waals surface area contributed by atoms with E-state index in [1.54, 1.807) is 13.0 Å². The third-order valence-corrected chi connectivity index (χ3v) is 4.89. The second-order valence-electron chi connectivity index (χ2n) is 4.18. The predicted octanol–water partition coefficient (Wildman–Crippen LogP) is 0.242. The van der Waals surface area contributed by atoms with E-state index in [0.717, 1.165) is 0 Å². The molecular weight excluding hydrogens is 254 g/mol. The molecule has 0 aliphatic carbocycles. The van der Waals surface area contributed by atoms with Crippen LogP contribution in [0, 0.1) is 0 Å². The third-order valence-electron chi connectivity index (χ3n) is 2.86. The Bertz CT molecular complexity index is 516. The first-order valence-electron chi connectivity index (χ1n) is 5.54. The van der Waals surface area contributed by atoms with Gasteiger partial charge in [-0.2, -0.15) is 4.31 Å². The zero-order chi connectivity index (χ0) is 13.9. The van der Waals surface area contributed by atoms with E-state index < -0.39 is 10.0 Å². The van der Waals surface area contributed by atoms with E-state index in [1.165, 1.54) is 23.5 Å². The van der Waals surface area contributed by atoms with Crippen molar-refractivity contribution in [2.24, 2.45) is 0 Å². The van der Waals surface area contributed by atoms with Crippen LogP contribution in [0.5, 0.6) is 0 Å². The van der Waals surface area contributed by atoms with Gasteiger partial charge in [0.15, 0.2) is 0 Å². The number of hydrogen-bond donors (Lipinski definition) is 3. The maximum absolute atomic E-state index is 12.3. The van der Waals surface area contributed by atoms with Gasteiger partial charge in [0.25, 0.3) is 0 Å². The smallest absolute Gasteiger partial charge is 0.245 e. The summed E-state index contributed by atoms with van der Waals surface area (Å²) >= 11 is 0. The number of rotatable bonds is 5. The minimum Gasteiger partial charge on any atom is -0.399 e. The van der Waals surface area contributed by atoms with Gasteiger partial charge >= 0.3 is 0 Å². The molecule has 7 heteroatoms. The molecule has 0 heterocycles. The lowest BCUT2D eigenvalue weighted by molar-refractivity contribution is 0.246. The molecule has 5 N–H and O–H groups in total. The summed E-state index contributed by atoms with van der Waals surface area (Å²) in [6.07, 6.45) is 0.359. The quantitative estimate of drug-likeness (QED) is 0.666. The van der Waals surface area contributed by atoms with Crippen molar-refractivity contribution in [3.63, 3.8) is 0 Å². The number of nitrogens with zero attached hydrogens (tertiary/aromatic N) is 1. The fourth-order valence-electron chi connectivity index (χ4n) is 1.54. The van der Waals surface area contributed by atoms with Crippen molar-refractivity contribution in [2.75, 3.05) is 25.1 Å². The van der Waals surface area contributed by atoms with Crippen molar-refractivity contribution < 1.29 is 13.5 Å². The van der Waals surface area contributed by atoms with Crippen LogP contribution in [0.15, 0.2) is 23.1 Å². The van der Waals surface area contributed by atoms with Gasteiger partial charge in [-0.25, -0.2) is 8.42 Å². The topological polar surface area (TPSA) is 110 Å². The van der Waals surface area contributed by atoms with Crippen LogP contribution in [0.4, 0.5) is 11.4 Å². The molecule has 0 fully saturated rings. The molecule has 18 heavy (non-hydrogen) atoms. The Kier molecular flexibility index (Phi) is 4.55. The van der Waals surface area contributed by atoms with Crippen molar-refractivity contribution in [1.29, 1.82) is 0 Å². The maximum atomic E-state index is 12.3. The minimum atomic E-state index is -3.70. The molecule has 0 amide bonds. The summed E-state index contributed by atoms with van der Waals surface area (Å²) in [6, 6.07) is 4.03. The molecule has 1 atom stereocenters. The van der Waals surface area contributed by atoms with Crippen molar-refractivity contribution in [2.45, 2.75) is 24.3 Å². The number of benzene rings is 1. The van der Waals surface area contributed by atoms with Gasteiger partial charge in [-0.3, -0.25) is 0 Å². The van der Waals surface area contributed by atoms with E-state index in [-0.39, 0.29) is 23.2 Å². The molecule has 0 bridgehead atoms. The third kappa shape index (κ3) is 2.92. The van der Waals surface area contributed by atoms with Gasteiger partial charge in [0, 0.05) is 25.4 Å². The molecular formula is C11H19N3O3S. The number of aliphatic hydroxyl groups excluding tert-OH is 1. The highest BCUT2D eigenvalue weighted by atomic mass is 32.2. The molecule has 102 valence electrons. The molecule has 1 rings (SSSR count). The van der Waals surface area contributed by atoms with Crippen molar-refractivity contribution in [3.8, 4) is 0 Å². The van der Waals surface area contributed by atoms with E-state index in [1.807, 2.05) is 0 Å². The van der Waals surface area contributed by atoms with Crippen LogP contribution in [-0.4, -0.2) is 37.5 Å². The van der Waals surface area contributed by atoms with E-state index >= 15 is 0 Å². The van der Waals surface area contributed by atoms with Gasteiger partial charge in [0.2, 0.25) is 10.0 Å². The molecule has 1 unspecified atom stereocenters. The van der Waals surface area contributed by atoms with Crippen LogP contribution >= 0.6 is 0 Å². The lowest BCUT2D eigenvalue weighted by atomic mass is 10.2. The van der Waals surface area contributed by atoms with Gasteiger partial charge in [-0.15, -0.1) is 0 Å². The predicted molar refractivity (Wildman–Crippen MR) is 71.4 cm³/mol. The summed E-state index contributed by atoms with van der Waals surface area (Å²) in [5.74, 6) is 0. The summed E-state index contributed by atoms with van der Waals surface area (Å²) in [4.78, 5) is -0.00482. The Labute approximate surface area is 107 Å². The number of aliphatic hydroxyl groups is 1. The molecule has 0 saturated heterocycles. The van der Waals surface area contributed by atoms with Crippen molar-refractivity contribution >= 4 is 21.4 Å². The van der Waals surface area contributed by atoms with Crippen LogP contribution < -0.4 is 11.5 Å². The zero-order valence-electron chi connectivity index (χ0n) is 10.5. The highest BCUT2D eigenvalue weighted by molar-refractivity contribution is 7.89. The second kappa shape index (κ2) is 5.55. The number of sulfonamides is 1. The van der Waals surface area contributed by atoms with Crippen LogP contribution in [0.1, 0.15) is 13.3 Å². The number of nitrogen functional groups attached to an aromatic ring is 2. The molecule has 0 spiro atoms. The van der Waals surface area contributed by atoms with E-state index in [0.29, 0.717) is 12.1 Å². The fourth-order valence-corrected chi connectivity index (χ4v) is 3.08. The van der Waals surface area contributed by atoms with E-state index in [2.05, 4.69) is 0 Å². The largest absolute Gasteiger partial charge is 0.399 e. The van der Waals surface area contributed by atoms with E-state index in [9.17, 15) is 8.42 Å². The highest BCUT2D eigenvalue weighted by Gasteiger charge is 2.27. The molecule has 0 aliphatic heterocycles. The van der Waals surface area contributed by atoms with Crippen LogP contribution in [0.3, 0.4) is 0 Å². The molecule has 6 nitrogen and oxygen atoms in total. The first kappa shape index (κ1) is 14.7. The van der Waals surface area contributed by atoms with Crippen molar-refractivity contribution in [3.05, 3.63) is 18.2 Å². The summed E-state index contributed by atoms with van der Waals surface area (Å²) < 4.78 is 25.8. The average molecular weight is 273 g/mol. The van der Waals surface area contributed by atoms with Gasteiger partial charge in [0.05, 0.1) is 5.69 Å².